The summed E-state index contributed by atoms with van der Waals surface area (Å²) in [6, 6.07) is 3.97. The molecule has 0 aliphatic carbocycles. The van der Waals surface area contributed by atoms with Gasteiger partial charge in [-0.2, -0.15) is 5.10 Å². The highest BCUT2D eigenvalue weighted by Crippen LogP contribution is 2.22. The third-order valence-corrected chi connectivity index (χ3v) is 5.46. The summed E-state index contributed by atoms with van der Waals surface area (Å²) in [5.74, 6) is 1.83. The summed E-state index contributed by atoms with van der Waals surface area (Å²) in [4.78, 5) is 4.55. The van der Waals surface area contributed by atoms with Crippen molar-refractivity contribution in [2.24, 2.45) is 5.92 Å². The van der Waals surface area contributed by atoms with E-state index in [9.17, 15) is 8.42 Å². The van der Waals surface area contributed by atoms with Gasteiger partial charge in [0.15, 0.2) is 11.5 Å². The molecule has 0 bridgehead atoms. The molecule has 3 rings (SSSR count). The van der Waals surface area contributed by atoms with Gasteiger partial charge in [0.2, 0.25) is 0 Å². The van der Waals surface area contributed by atoms with Crippen LogP contribution in [0.25, 0.3) is 5.65 Å². The maximum Gasteiger partial charge on any atom is 0.158 e. The van der Waals surface area contributed by atoms with Gasteiger partial charge in [-0.3, -0.25) is 0 Å². The molecule has 2 aromatic rings. The molecule has 1 aliphatic rings. The van der Waals surface area contributed by atoms with Crippen molar-refractivity contribution >= 4 is 15.5 Å². The van der Waals surface area contributed by atoms with Crippen LogP contribution in [0.3, 0.4) is 0 Å². The molecule has 0 saturated carbocycles. The van der Waals surface area contributed by atoms with Crippen molar-refractivity contribution in [2.75, 3.05) is 11.5 Å². The molecule has 102 valence electrons. The van der Waals surface area contributed by atoms with Gasteiger partial charge in [0, 0.05) is 12.6 Å². The highest BCUT2D eigenvalue weighted by molar-refractivity contribution is 7.91. The Balaban J connectivity index is 1.77. The highest BCUT2D eigenvalue weighted by Gasteiger charge is 2.24. The average molecular weight is 279 g/mol. The smallest absolute Gasteiger partial charge is 0.158 e. The van der Waals surface area contributed by atoms with Crippen molar-refractivity contribution in [1.82, 2.24) is 14.6 Å². The second-order valence-corrected chi connectivity index (χ2v) is 7.59. The van der Waals surface area contributed by atoms with Crippen LogP contribution < -0.4 is 0 Å². The molecule has 5 nitrogen and oxygen atoms in total. The summed E-state index contributed by atoms with van der Waals surface area (Å²) in [5, 5.41) is 4.46. The zero-order valence-electron chi connectivity index (χ0n) is 10.9. The first-order valence-corrected chi connectivity index (χ1v) is 8.37. The quantitative estimate of drug-likeness (QED) is 0.833. The summed E-state index contributed by atoms with van der Waals surface area (Å²) >= 11 is 0. The predicted molar refractivity (Wildman–Crippen MR) is 72.8 cm³/mol. The van der Waals surface area contributed by atoms with Crippen LogP contribution in [0, 0.1) is 12.8 Å². The van der Waals surface area contributed by atoms with Crippen molar-refractivity contribution in [2.45, 2.75) is 26.2 Å². The van der Waals surface area contributed by atoms with Crippen LogP contribution in [-0.2, 0) is 16.3 Å². The lowest BCUT2D eigenvalue weighted by atomic mass is 9.99. The van der Waals surface area contributed by atoms with Gasteiger partial charge in [-0.15, -0.1) is 0 Å². The Kier molecular flexibility index (Phi) is 3.05. The van der Waals surface area contributed by atoms with Crippen LogP contribution in [0.15, 0.2) is 18.3 Å². The third-order valence-electron chi connectivity index (χ3n) is 3.75. The number of hydrogen-bond acceptors (Lipinski definition) is 4. The Morgan fingerprint density at radius 3 is 2.79 bits per heavy atom. The number of fused-ring (bicyclic) bond motifs is 1. The normalized spacial score (nSPS) is 19.8. The van der Waals surface area contributed by atoms with E-state index in [0.717, 1.165) is 36.3 Å². The van der Waals surface area contributed by atoms with Crippen molar-refractivity contribution in [3.05, 3.63) is 29.7 Å². The van der Waals surface area contributed by atoms with Crippen molar-refractivity contribution in [3.8, 4) is 0 Å². The lowest BCUT2D eigenvalue weighted by Crippen LogP contribution is -2.24. The largest absolute Gasteiger partial charge is 0.229 e. The van der Waals surface area contributed by atoms with Crippen LogP contribution in [0.1, 0.15) is 24.2 Å². The van der Waals surface area contributed by atoms with E-state index in [-0.39, 0.29) is 0 Å². The molecule has 0 N–H and O–H groups in total. The Hall–Kier alpha value is -1.43. The molecule has 19 heavy (non-hydrogen) atoms. The summed E-state index contributed by atoms with van der Waals surface area (Å²) in [6.45, 7) is 2.01. The molecule has 0 spiro atoms. The molecule has 0 aromatic carbocycles. The number of hydrogen-bond donors (Lipinski definition) is 0. The van der Waals surface area contributed by atoms with Crippen molar-refractivity contribution in [3.63, 3.8) is 0 Å². The van der Waals surface area contributed by atoms with Crippen molar-refractivity contribution < 1.29 is 8.42 Å². The van der Waals surface area contributed by atoms with Gasteiger partial charge in [0.25, 0.3) is 0 Å². The van der Waals surface area contributed by atoms with E-state index in [1.807, 2.05) is 25.3 Å². The van der Waals surface area contributed by atoms with E-state index in [0.29, 0.717) is 17.4 Å². The summed E-state index contributed by atoms with van der Waals surface area (Å²) < 4.78 is 24.6. The Bertz CT molecular complexity index is 692. The molecule has 1 saturated heterocycles. The van der Waals surface area contributed by atoms with Gasteiger partial charge >= 0.3 is 0 Å². The number of rotatable bonds is 2. The van der Waals surface area contributed by atoms with Gasteiger partial charge in [-0.25, -0.2) is 17.9 Å². The van der Waals surface area contributed by atoms with Crippen LogP contribution >= 0.6 is 0 Å². The Morgan fingerprint density at radius 2 is 2.11 bits per heavy atom. The monoisotopic (exact) mass is 279 g/mol. The van der Waals surface area contributed by atoms with Crippen LogP contribution in [0.2, 0.25) is 0 Å². The van der Waals surface area contributed by atoms with E-state index in [1.54, 1.807) is 4.52 Å². The molecule has 0 atom stereocenters. The number of sulfone groups is 1. The Labute approximate surface area is 112 Å². The minimum atomic E-state index is -2.79. The fraction of sp³-hybridized carbons (Fsp3) is 0.538. The molecular weight excluding hydrogens is 262 g/mol. The van der Waals surface area contributed by atoms with E-state index in [4.69, 9.17) is 0 Å². The van der Waals surface area contributed by atoms with E-state index in [2.05, 4.69) is 10.1 Å². The number of aryl methyl sites for hydroxylation is 1. The zero-order valence-corrected chi connectivity index (χ0v) is 11.7. The topological polar surface area (TPSA) is 64.3 Å². The first kappa shape index (κ1) is 12.6. The molecule has 0 radical (unpaired) electrons. The summed E-state index contributed by atoms with van der Waals surface area (Å²) in [6.07, 6.45) is 4.13. The van der Waals surface area contributed by atoms with Gasteiger partial charge in [0.05, 0.1) is 11.5 Å². The minimum absolute atomic E-state index is 0.310. The van der Waals surface area contributed by atoms with Crippen LogP contribution in [-0.4, -0.2) is 34.5 Å². The van der Waals surface area contributed by atoms with E-state index < -0.39 is 9.84 Å². The van der Waals surface area contributed by atoms with Gasteiger partial charge in [-0.1, -0.05) is 6.07 Å². The Morgan fingerprint density at radius 1 is 1.37 bits per heavy atom. The van der Waals surface area contributed by atoms with Crippen LogP contribution in [0.5, 0.6) is 0 Å². The first-order valence-electron chi connectivity index (χ1n) is 6.55. The van der Waals surface area contributed by atoms with Gasteiger partial charge in [-0.05, 0) is 37.3 Å². The second-order valence-electron chi connectivity index (χ2n) is 5.29. The number of nitrogens with zero attached hydrogens (tertiary/aromatic N) is 3. The molecule has 1 fully saturated rings. The summed E-state index contributed by atoms with van der Waals surface area (Å²) in [5.41, 5.74) is 1.99. The third kappa shape index (κ3) is 2.63. The van der Waals surface area contributed by atoms with Crippen LogP contribution in [0.4, 0.5) is 0 Å². The number of pyridine rings is 1. The molecule has 6 heteroatoms. The molecular formula is C13H17N3O2S. The van der Waals surface area contributed by atoms with Gasteiger partial charge in [0.1, 0.15) is 9.84 Å². The standard InChI is InChI=1S/C13H17N3O2S/c1-10-3-2-6-16-13(10)14-12(15-16)9-11-4-7-19(17,18)8-5-11/h2-3,6,11H,4-5,7-9H2,1H3. The summed E-state index contributed by atoms with van der Waals surface area (Å²) in [7, 11) is -2.79. The predicted octanol–water partition coefficient (Wildman–Crippen LogP) is 1.41. The zero-order chi connectivity index (χ0) is 13.5. The highest BCUT2D eigenvalue weighted by atomic mass is 32.2. The lowest BCUT2D eigenvalue weighted by molar-refractivity contribution is 0.454. The van der Waals surface area contributed by atoms with E-state index >= 15 is 0 Å². The average Bonchev–Trinajstić information content (AvgIpc) is 2.76. The molecule has 0 amide bonds. The lowest BCUT2D eigenvalue weighted by Gasteiger charge is -2.20. The molecule has 2 aromatic heterocycles. The van der Waals surface area contributed by atoms with Crippen molar-refractivity contribution in [1.29, 1.82) is 0 Å². The SMILES string of the molecule is Cc1cccn2nc(CC3CCS(=O)(=O)CC3)nc12. The minimum Gasteiger partial charge on any atom is -0.229 e. The maximum absolute atomic E-state index is 11.4. The molecule has 0 unspecified atom stereocenters. The fourth-order valence-electron chi connectivity index (χ4n) is 2.57. The first-order chi connectivity index (χ1) is 9.03. The molecule has 3 heterocycles. The van der Waals surface area contributed by atoms with E-state index in [1.165, 1.54) is 0 Å². The maximum atomic E-state index is 11.4. The second kappa shape index (κ2) is 4.59. The fourth-order valence-corrected chi connectivity index (χ4v) is 4.16. The number of aromatic nitrogens is 3. The molecule has 1 aliphatic heterocycles. The van der Waals surface area contributed by atoms with Gasteiger partial charge < -0.3 is 0 Å².